The van der Waals surface area contributed by atoms with Crippen molar-refractivity contribution >= 4 is 40.0 Å². The van der Waals surface area contributed by atoms with Crippen LogP contribution < -0.4 is 10.1 Å². The number of para-hydroxylation sites is 1. The molecule has 0 heterocycles. The zero-order valence-corrected chi connectivity index (χ0v) is 17.8. The largest absolute Gasteiger partial charge is 0.489 e. The zero-order valence-electron chi connectivity index (χ0n) is 17.1. The molecule has 1 N–H and O–H groups in total. The number of hydrogen-bond donors (Lipinski definition) is 1. The molecule has 0 spiro atoms. The molecule has 4 rings (SSSR count). The molecule has 0 aromatic heterocycles. The van der Waals surface area contributed by atoms with Gasteiger partial charge in [0.25, 0.3) is 5.91 Å². The average Bonchev–Trinajstić information content (AvgIpc) is 2.83. The van der Waals surface area contributed by atoms with E-state index in [4.69, 9.17) is 16.3 Å². The van der Waals surface area contributed by atoms with Crippen LogP contribution in [-0.2, 0) is 11.4 Å². The molecule has 0 aliphatic heterocycles. The molecule has 0 saturated heterocycles. The Bertz CT molecular complexity index is 1330. The highest BCUT2D eigenvalue weighted by Gasteiger charge is 2.11. The van der Waals surface area contributed by atoms with E-state index in [-0.39, 0.29) is 5.57 Å². The lowest BCUT2D eigenvalue weighted by Crippen LogP contribution is -2.13. The highest BCUT2D eigenvalue weighted by Crippen LogP contribution is 2.23. The summed E-state index contributed by atoms with van der Waals surface area (Å²) < 4.78 is 5.95. The van der Waals surface area contributed by atoms with Crippen molar-refractivity contribution in [3.8, 4) is 11.8 Å². The van der Waals surface area contributed by atoms with Crippen molar-refractivity contribution in [1.82, 2.24) is 0 Å². The Hall–Kier alpha value is -4.07. The van der Waals surface area contributed by atoms with Crippen molar-refractivity contribution in [1.29, 1.82) is 5.26 Å². The van der Waals surface area contributed by atoms with Crippen LogP contribution in [0.15, 0.2) is 96.6 Å². The van der Waals surface area contributed by atoms with Gasteiger partial charge in [0.1, 0.15) is 24.0 Å². The third-order valence-corrected chi connectivity index (χ3v) is 5.28. The molecule has 0 saturated carbocycles. The lowest BCUT2D eigenvalue weighted by molar-refractivity contribution is -0.112. The van der Waals surface area contributed by atoms with Gasteiger partial charge in [-0.3, -0.25) is 4.79 Å². The fraction of sp³-hybridized carbons (Fsp3) is 0.0370. The van der Waals surface area contributed by atoms with Gasteiger partial charge in [-0.1, -0.05) is 78.3 Å². The van der Waals surface area contributed by atoms with E-state index in [1.54, 1.807) is 36.4 Å². The van der Waals surface area contributed by atoms with Crippen molar-refractivity contribution in [2.75, 3.05) is 5.32 Å². The molecule has 0 aliphatic rings. The highest BCUT2D eigenvalue weighted by molar-refractivity contribution is 6.34. The molecule has 0 bridgehead atoms. The van der Waals surface area contributed by atoms with E-state index >= 15 is 0 Å². The first-order valence-corrected chi connectivity index (χ1v) is 10.4. The molecule has 0 fully saturated rings. The highest BCUT2D eigenvalue weighted by atomic mass is 35.5. The Morgan fingerprint density at radius 1 is 0.938 bits per heavy atom. The molecule has 4 aromatic rings. The fourth-order valence-corrected chi connectivity index (χ4v) is 3.49. The number of nitriles is 1. The van der Waals surface area contributed by atoms with Crippen LogP contribution in [0.3, 0.4) is 0 Å². The first-order chi connectivity index (χ1) is 15.6. The molecule has 0 aliphatic carbocycles. The van der Waals surface area contributed by atoms with Crippen molar-refractivity contribution in [3.05, 3.63) is 113 Å². The number of carbonyl (C=O) groups excluding carboxylic acids is 1. The zero-order chi connectivity index (χ0) is 22.3. The van der Waals surface area contributed by atoms with Crippen LogP contribution in [-0.4, -0.2) is 5.91 Å². The SMILES string of the molecule is N#C/C(=C/c1ccc(OCc2cccc3ccccc23)cc1)C(=O)Nc1ccccc1Cl. The summed E-state index contributed by atoms with van der Waals surface area (Å²) in [5, 5.41) is 14.8. The van der Waals surface area contributed by atoms with Gasteiger partial charge >= 0.3 is 0 Å². The smallest absolute Gasteiger partial charge is 0.266 e. The number of rotatable bonds is 6. The normalized spacial score (nSPS) is 11.1. The number of nitrogens with zero attached hydrogens (tertiary/aromatic N) is 1. The summed E-state index contributed by atoms with van der Waals surface area (Å²) in [7, 11) is 0. The van der Waals surface area contributed by atoms with Gasteiger partial charge in [0.2, 0.25) is 0 Å². The Balaban J connectivity index is 1.44. The Kier molecular flexibility index (Phi) is 6.50. The van der Waals surface area contributed by atoms with Crippen LogP contribution in [0.2, 0.25) is 5.02 Å². The van der Waals surface area contributed by atoms with E-state index in [0.29, 0.717) is 28.6 Å². The summed E-state index contributed by atoms with van der Waals surface area (Å²) in [5.41, 5.74) is 2.26. The standard InChI is InChI=1S/C27H19ClN2O2/c28-25-10-3-4-11-26(25)30-27(31)22(17-29)16-19-12-14-23(15-13-19)32-18-21-8-5-7-20-6-1-2-9-24(20)21/h1-16H,18H2,(H,30,31)/b22-16-. The van der Waals surface area contributed by atoms with Crippen molar-refractivity contribution in [3.63, 3.8) is 0 Å². The van der Waals surface area contributed by atoms with Gasteiger partial charge in [-0.05, 0) is 52.2 Å². The van der Waals surface area contributed by atoms with E-state index in [0.717, 1.165) is 10.9 Å². The molecule has 1 amide bonds. The van der Waals surface area contributed by atoms with E-state index in [1.165, 1.54) is 11.5 Å². The molecule has 4 nitrogen and oxygen atoms in total. The number of nitrogens with one attached hydrogen (secondary N) is 1. The monoisotopic (exact) mass is 438 g/mol. The second-order valence-electron chi connectivity index (χ2n) is 7.10. The van der Waals surface area contributed by atoms with Gasteiger partial charge in [0.15, 0.2) is 0 Å². The van der Waals surface area contributed by atoms with Crippen LogP contribution in [0, 0.1) is 11.3 Å². The molecule has 0 unspecified atom stereocenters. The third-order valence-electron chi connectivity index (χ3n) is 4.95. The minimum Gasteiger partial charge on any atom is -0.489 e. The Morgan fingerprint density at radius 3 is 2.44 bits per heavy atom. The lowest BCUT2D eigenvalue weighted by atomic mass is 10.1. The molecular formula is C27H19ClN2O2. The van der Waals surface area contributed by atoms with Gasteiger partial charge in [0, 0.05) is 0 Å². The first kappa shape index (κ1) is 21.2. The number of amides is 1. The van der Waals surface area contributed by atoms with Gasteiger partial charge < -0.3 is 10.1 Å². The maximum atomic E-state index is 12.4. The summed E-state index contributed by atoms with van der Waals surface area (Å²) in [6.45, 7) is 0.445. The van der Waals surface area contributed by atoms with Gasteiger partial charge in [-0.2, -0.15) is 5.26 Å². The minimum atomic E-state index is -0.517. The number of ether oxygens (including phenoxy) is 1. The lowest BCUT2D eigenvalue weighted by Gasteiger charge is -2.09. The van der Waals surface area contributed by atoms with Gasteiger partial charge in [0.05, 0.1) is 10.7 Å². The topological polar surface area (TPSA) is 62.1 Å². The van der Waals surface area contributed by atoms with Crippen molar-refractivity contribution in [2.24, 2.45) is 0 Å². The summed E-state index contributed by atoms with van der Waals surface area (Å²) in [5.74, 6) is 0.186. The van der Waals surface area contributed by atoms with E-state index in [2.05, 4.69) is 29.6 Å². The minimum absolute atomic E-state index is 0.0191. The number of fused-ring (bicyclic) bond motifs is 1. The number of hydrogen-bond acceptors (Lipinski definition) is 3. The van der Waals surface area contributed by atoms with E-state index in [9.17, 15) is 10.1 Å². The quantitative estimate of drug-likeness (QED) is 0.272. The molecule has 156 valence electrons. The number of benzene rings is 4. The molecule has 5 heteroatoms. The van der Waals surface area contributed by atoms with Crippen LogP contribution in [0.4, 0.5) is 5.69 Å². The summed E-state index contributed by atoms with van der Waals surface area (Å²) in [6, 6.07) is 30.4. The van der Waals surface area contributed by atoms with Crippen LogP contribution in [0.25, 0.3) is 16.8 Å². The Labute approximate surface area is 191 Å². The third kappa shape index (κ3) is 4.97. The molecule has 0 atom stereocenters. The molecule has 32 heavy (non-hydrogen) atoms. The predicted octanol–water partition coefficient (Wildman–Crippen LogP) is 6.62. The second kappa shape index (κ2) is 9.82. The predicted molar refractivity (Wildman–Crippen MR) is 128 cm³/mol. The van der Waals surface area contributed by atoms with Crippen molar-refractivity contribution in [2.45, 2.75) is 6.61 Å². The van der Waals surface area contributed by atoms with Crippen LogP contribution in [0.1, 0.15) is 11.1 Å². The van der Waals surface area contributed by atoms with E-state index in [1.807, 2.05) is 36.4 Å². The van der Waals surface area contributed by atoms with Crippen LogP contribution >= 0.6 is 11.6 Å². The summed E-state index contributed by atoms with van der Waals surface area (Å²) >= 11 is 6.07. The number of carbonyl (C=O) groups is 1. The van der Waals surface area contributed by atoms with Gasteiger partial charge in [-0.15, -0.1) is 0 Å². The summed E-state index contributed by atoms with van der Waals surface area (Å²) in [6.07, 6.45) is 1.53. The number of anilines is 1. The second-order valence-corrected chi connectivity index (χ2v) is 7.51. The molecular weight excluding hydrogens is 420 g/mol. The number of halogens is 1. The van der Waals surface area contributed by atoms with Crippen LogP contribution in [0.5, 0.6) is 5.75 Å². The Morgan fingerprint density at radius 2 is 1.66 bits per heavy atom. The average molecular weight is 439 g/mol. The van der Waals surface area contributed by atoms with Gasteiger partial charge in [-0.25, -0.2) is 0 Å². The molecule has 4 aromatic carbocycles. The summed E-state index contributed by atoms with van der Waals surface area (Å²) in [4.78, 5) is 12.4. The maximum Gasteiger partial charge on any atom is 0.266 e. The maximum absolute atomic E-state index is 12.4. The van der Waals surface area contributed by atoms with Crippen molar-refractivity contribution < 1.29 is 9.53 Å². The molecule has 0 radical (unpaired) electrons. The first-order valence-electron chi connectivity index (χ1n) is 10.0. The fourth-order valence-electron chi connectivity index (χ4n) is 3.31. The van der Waals surface area contributed by atoms with E-state index < -0.39 is 5.91 Å².